The molecule has 142 valence electrons. The second-order valence-electron chi connectivity index (χ2n) is 5.92. The minimum absolute atomic E-state index is 0.136. The number of hydrogen-bond acceptors (Lipinski definition) is 4. The summed E-state index contributed by atoms with van der Waals surface area (Å²) in [6.45, 7) is 3.06. The summed E-state index contributed by atoms with van der Waals surface area (Å²) in [5.41, 5.74) is 0.765. The summed E-state index contributed by atoms with van der Waals surface area (Å²) < 4.78 is 25.7. The molecular weight excluding hydrogens is 373 g/mol. The van der Waals surface area contributed by atoms with Gasteiger partial charge in [-0.2, -0.15) is 5.10 Å². The number of furan rings is 1. The van der Waals surface area contributed by atoms with Gasteiger partial charge in [0.05, 0.1) is 23.5 Å². The zero-order valence-corrected chi connectivity index (χ0v) is 15.7. The molecule has 1 amide bonds. The van der Waals surface area contributed by atoms with E-state index in [4.69, 9.17) is 20.8 Å². The minimum atomic E-state index is -0.333. The monoisotopic (exact) mass is 391 g/mol. The smallest absolute Gasteiger partial charge is 0.289 e. The number of rotatable bonds is 7. The van der Waals surface area contributed by atoms with Gasteiger partial charge in [-0.3, -0.25) is 9.48 Å². The van der Waals surface area contributed by atoms with E-state index in [0.717, 1.165) is 5.69 Å². The first-order chi connectivity index (χ1) is 13.0. The molecule has 0 atom stereocenters. The Labute approximate surface area is 161 Å². The predicted molar refractivity (Wildman–Crippen MR) is 98.1 cm³/mol. The van der Waals surface area contributed by atoms with Gasteiger partial charge in [0.1, 0.15) is 23.9 Å². The van der Waals surface area contributed by atoms with E-state index in [1.807, 2.05) is 6.92 Å². The van der Waals surface area contributed by atoms with Gasteiger partial charge in [0.15, 0.2) is 5.76 Å². The summed E-state index contributed by atoms with van der Waals surface area (Å²) in [5.74, 6) is 0.602. The highest BCUT2D eigenvalue weighted by molar-refractivity contribution is 6.31. The first kappa shape index (κ1) is 19.0. The molecule has 8 heteroatoms. The van der Waals surface area contributed by atoms with Gasteiger partial charge < -0.3 is 14.1 Å². The van der Waals surface area contributed by atoms with Crippen LogP contribution in [0.1, 0.15) is 28.9 Å². The third kappa shape index (κ3) is 4.49. The number of benzene rings is 1. The maximum atomic E-state index is 12.9. The van der Waals surface area contributed by atoms with E-state index < -0.39 is 0 Å². The summed E-state index contributed by atoms with van der Waals surface area (Å²) in [7, 11) is 1.67. The summed E-state index contributed by atoms with van der Waals surface area (Å²) in [6.07, 6.45) is 1.57. The first-order valence-corrected chi connectivity index (χ1v) is 8.78. The quantitative estimate of drug-likeness (QED) is 0.607. The lowest BCUT2D eigenvalue weighted by molar-refractivity contribution is 0.0745. The number of aromatic nitrogens is 2. The average molecular weight is 392 g/mol. The van der Waals surface area contributed by atoms with Crippen LogP contribution >= 0.6 is 11.6 Å². The maximum absolute atomic E-state index is 12.9. The van der Waals surface area contributed by atoms with Crippen molar-refractivity contribution in [3.05, 3.63) is 70.6 Å². The summed E-state index contributed by atoms with van der Waals surface area (Å²) in [5, 5.41) is 4.68. The first-order valence-electron chi connectivity index (χ1n) is 8.40. The third-order valence-electron chi connectivity index (χ3n) is 4.00. The number of hydrogen-bond donors (Lipinski definition) is 0. The van der Waals surface area contributed by atoms with E-state index in [-0.39, 0.29) is 24.1 Å². The van der Waals surface area contributed by atoms with E-state index in [2.05, 4.69) is 5.10 Å². The number of nitrogens with zero attached hydrogens (tertiary/aromatic N) is 3. The van der Waals surface area contributed by atoms with Crippen molar-refractivity contribution in [2.75, 3.05) is 7.05 Å². The maximum Gasteiger partial charge on any atom is 0.289 e. The van der Waals surface area contributed by atoms with Crippen LogP contribution in [-0.2, 0) is 19.7 Å². The second kappa shape index (κ2) is 8.26. The number of carbonyl (C=O) groups is 1. The standard InChI is InChI=1S/C19H19ClFN3O3/c1-3-24-17(16(20)10-22-24)11-23(2)19(25)18-9-8-15(27-18)12-26-14-6-4-13(21)5-7-14/h4-10H,3,11-12H2,1-2H3. The fraction of sp³-hybridized carbons (Fsp3) is 0.263. The largest absolute Gasteiger partial charge is 0.486 e. The molecule has 0 unspecified atom stereocenters. The molecule has 3 aromatic rings. The Balaban J connectivity index is 1.62. The Kier molecular flexibility index (Phi) is 5.81. The number of amides is 1. The van der Waals surface area contributed by atoms with E-state index >= 15 is 0 Å². The molecule has 3 rings (SSSR count). The summed E-state index contributed by atoms with van der Waals surface area (Å²) in [6, 6.07) is 8.95. The van der Waals surface area contributed by atoms with Crippen LogP contribution in [0.25, 0.3) is 0 Å². The molecule has 2 aromatic heterocycles. The lowest BCUT2D eigenvalue weighted by Crippen LogP contribution is -2.27. The van der Waals surface area contributed by atoms with Crippen LogP contribution in [0.2, 0.25) is 5.02 Å². The van der Waals surface area contributed by atoms with Crippen molar-refractivity contribution in [1.29, 1.82) is 0 Å². The molecular formula is C19H19ClFN3O3. The molecule has 0 fully saturated rings. The van der Waals surface area contributed by atoms with Crippen LogP contribution < -0.4 is 4.74 Å². The van der Waals surface area contributed by atoms with Gasteiger partial charge >= 0.3 is 0 Å². The van der Waals surface area contributed by atoms with Crippen molar-refractivity contribution in [3.63, 3.8) is 0 Å². The minimum Gasteiger partial charge on any atom is -0.486 e. The van der Waals surface area contributed by atoms with E-state index in [1.54, 1.807) is 30.1 Å². The number of ether oxygens (including phenoxy) is 1. The highest BCUT2D eigenvalue weighted by atomic mass is 35.5. The van der Waals surface area contributed by atoms with Crippen LogP contribution in [0, 0.1) is 5.82 Å². The van der Waals surface area contributed by atoms with Gasteiger partial charge in [0.25, 0.3) is 5.91 Å². The normalized spacial score (nSPS) is 10.8. The van der Waals surface area contributed by atoms with Gasteiger partial charge in [-0.05, 0) is 43.3 Å². The second-order valence-corrected chi connectivity index (χ2v) is 6.33. The highest BCUT2D eigenvalue weighted by Crippen LogP contribution is 2.19. The molecule has 0 radical (unpaired) electrons. The van der Waals surface area contributed by atoms with Crippen LogP contribution in [0.3, 0.4) is 0 Å². The van der Waals surface area contributed by atoms with Crippen LogP contribution in [0.15, 0.2) is 47.0 Å². The van der Waals surface area contributed by atoms with Gasteiger partial charge in [-0.1, -0.05) is 11.6 Å². The molecule has 0 saturated carbocycles. The van der Waals surface area contributed by atoms with Crippen molar-refractivity contribution in [2.45, 2.75) is 26.6 Å². The molecule has 1 aromatic carbocycles. The fourth-order valence-corrected chi connectivity index (χ4v) is 2.76. The number of halogens is 2. The fourth-order valence-electron chi connectivity index (χ4n) is 2.56. The topological polar surface area (TPSA) is 60.5 Å². The van der Waals surface area contributed by atoms with Crippen molar-refractivity contribution < 1.29 is 18.3 Å². The molecule has 0 saturated heterocycles. The number of carbonyl (C=O) groups excluding carboxylic acids is 1. The Morgan fingerprint density at radius 2 is 2.04 bits per heavy atom. The lowest BCUT2D eigenvalue weighted by atomic mass is 10.3. The van der Waals surface area contributed by atoms with Crippen LogP contribution in [-0.4, -0.2) is 27.6 Å². The summed E-state index contributed by atoms with van der Waals surface area (Å²) in [4.78, 5) is 14.1. The van der Waals surface area contributed by atoms with Crippen LogP contribution in [0.4, 0.5) is 4.39 Å². The van der Waals surface area contributed by atoms with Crippen molar-refractivity contribution in [3.8, 4) is 5.75 Å². The van der Waals surface area contributed by atoms with Crippen LogP contribution in [0.5, 0.6) is 5.75 Å². The zero-order valence-electron chi connectivity index (χ0n) is 15.0. The Hall–Kier alpha value is -2.80. The Morgan fingerprint density at radius 1 is 1.30 bits per heavy atom. The van der Waals surface area contributed by atoms with Gasteiger partial charge in [-0.25, -0.2) is 4.39 Å². The molecule has 0 spiro atoms. The van der Waals surface area contributed by atoms with Gasteiger partial charge in [-0.15, -0.1) is 0 Å². The zero-order chi connectivity index (χ0) is 19.4. The predicted octanol–water partition coefficient (Wildman–Crippen LogP) is 4.14. The molecule has 6 nitrogen and oxygen atoms in total. The molecule has 0 aliphatic carbocycles. The molecule has 0 aliphatic rings. The van der Waals surface area contributed by atoms with Crippen molar-refractivity contribution in [2.24, 2.45) is 0 Å². The molecule has 0 aliphatic heterocycles. The molecule has 0 N–H and O–H groups in total. The SMILES string of the molecule is CCn1ncc(Cl)c1CN(C)C(=O)c1ccc(COc2ccc(F)cc2)o1. The summed E-state index contributed by atoms with van der Waals surface area (Å²) >= 11 is 6.15. The highest BCUT2D eigenvalue weighted by Gasteiger charge is 2.19. The Morgan fingerprint density at radius 3 is 2.74 bits per heavy atom. The lowest BCUT2D eigenvalue weighted by Gasteiger charge is -2.16. The van der Waals surface area contributed by atoms with E-state index in [9.17, 15) is 9.18 Å². The van der Waals surface area contributed by atoms with Crippen molar-refractivity contribution >= 4 is 17.5 Å². The number of aryl methyl sites for hydroxylation is 1. The van der Waals surface area contributed by atoms with Gasteiger partial charge in [0.2, 0.25) is 0 Å². The average Bonchev–Trinajstić information content (AvgIpc) is 3.28. The van der Waals surface area contributed by atoms with Crippen molar-refractivity contribution in [1.82, 2.24) is 14.7 Å². The molecule has 27 heavy (non-hydrogen) atoms. The van der Waals surface area contributed by atoms with Gasteiger partial charge in [0, 0.05) is 13.6 Å². The molecule has 0 bridgehead atoms. The van der Waals surface area contributed by atoms with E-state index in [1.165, 1.54) is 29.2 Å². The molecule has 2 heterocycles. The Bertz CT molecular complexity index is 921. The van der Waals surface area contributed by atoms with E-state index in [0.29, 0.717) is 29.6 Å². The third-order valence-corrected chi connectivity index (χ3v) is 4.31.